The smallest absolute Gasteiger partial charge is 0.325 e. The van der Waals surface area contributed by atoms with Crippen LogP contribution < -0.4 is 0 Å². The van der Waals surface area contributed by atoms with Gasteiger partial charge in [0.2, 0.25) is 0 Å². The average Bonchev–Trinajstić information content (AvgIpc) is 2.29. The van der Waals surface area contributed by atoms with Crippen molar-refractivity contribution in [2.45, 2.75) is 6.92 Å². The molecule has 1 rings (SSSR count). The predicted molar refractivity (Wildman–Crippen MR) is 62.8 cm³/mol. The lowest BCUT2D eigenvalue weighted by Gasteiger charge is -2.15. The van der Waals surface area contributed by atoms with Gasteiger partial charge in [-0.3, -0.25) is 9.59 Å². The van der Waals surface area contributed by atoms with E-state index in [0.717, 1.165) is 0 Å². The fourth-order valence-corrected chi connectivity index (χ4v) is 1.31. The lowest BCUT2D eigenvalue weighted by Crippen LogP contribution is -2.33. The van der Waals surface area contributed by atoms with E-state index in [1.54, 1.807) is 13.0 Å². The van der Waals surface area contributed by atoms with E-state index in [4.69, 9.17) is 16.3 Å². The quantitative estimate of drug-likeness (QED) is 0.603. The van der Waals surface area contributed by atoms with Crippen LogP contribution in [0, 0.1) is 0 Å². The number of aromatic nitrogens is 1. The molecule has 0 fully saturated rings. The summed E-state index contributed by atoms with van der Waals surface area (Å²) in [6, 6.07) is 3.08. The van der Waals surface area contributed by atoms with E-state index in [0.29, 0.717) is 17.3 Å². The molecule has 0 saturated heterocycles. The number of halogens is 1. The molecule has 17 heavy (non-hydrogen) atoms. The minimum absolute atomic E-state index is 0.0880. The molecule has 6 heteroatoms. The van der Waals surface area contributed by atoms with Gasteiger partial charge in [-0.1, -0.05) is 11.6 Å². The summed E-state index contributed by atoms with van der Waals surface area (Å²) in [5.41, 5.74) is 0.376. The lowest BCUT2D eigenvalue weighted by atomic mass is 10.2. The van der Waals surface area contributed by atoms with Crippen molar-refractivity contribution in [3.63, 3.8) is 0 Å². The Balaban J connectivity index is 2.63. The number of nitrogens with zero attached hydrogens (tertiary/aromatic N) is 2. The fourth-order valence-electron chi connectivity index (χ4n) is 1.19. The molecule has 0 unspecified atom stereocenters. The van der Waals surface area contributed by atoms with Gasteiger partial charge in [0, 0.05) is 13.2 Å². The molecular weight excluding hydrogens is 244 g/mol. The molecule has 0 saturated carbocycles. The predicted octanol–water partition coefficient (Wildman–Crippen LogP) is 1.37. The molecule has 0 aromatic carbocycles. The highest BCUT2D eigenvalue weighted by atomic mass is 35.5. The van der Waals surface area contributed by atoms with Crippen molar-refractivity contribution in [1.82, 2.24) is 9.88 Å². The molecule has 1 amide bonds. The van der Waals surface area contributed by atoms with Crippen molar-refractivity contribution in [3.8, 4) is 0 Å². The zero-order valence-electron chi connectivity index (χ0n) is 9.64. The van der Waals surface area contributed by atoms with Gasteiger partial charge in [0.1, 0.15) is 11.7 Å². The Morgan fingerprint density at radius 1 is 1.47 bits per heavy atom. The van der Waals surface area contributed by atoms with Crippen LogP contribution in [0.2, 0.25) is 5.15 Å². The number of esters is 1. The third-order valence-corrected chi connectivity index (χ3v) is 2.22. The Bertz CT molecular complexity index is 406. The van der Waals surface area contributed by atoms with Crippen molar-refractivity contribution in [2.24, 2.45) is 0 Å². The van der Waals surface area contributed by atoms with Crippen LogP contribution in [0.25, 0.3) is 0 Å². The van der Waals surface area contributed by atoms with Crippen LogP contribution in [0.5, 0.6) is 0 Å². The Hall–Kier alpha value is -1.62. The molecule has 5 nitrogen and oxygen atoms in total. The molecule has 1 aromatic rings. The van der Waals surface area contributed by atoms with E-state index in [1.807, 2.05) is 0 Å². The van der Waals surface area contributed by atoms with E-state index in [1.165, 1.54) is 24.2 Å². The molecule has 0 atom stereocenters. The molecule has 0 aliphatic carbocycles. The van der Waals surface area contributed by atoms with E-state index in [-0.39, 0.29) is 12.5 Å². The number of pyridine rings is 1. The Morgan fingerprint density at radius 2 is 2.18 bits per heavy atom. The van der Waals surface area contributed by atoms with Crippen LogP contribution >= 0.6 is 11.6 Å². The first-order chi connectivity index (χ1) is 8.04. The second kappa shape index (κ2) is 6.20. The van der Waals surface area contributed by atoms with E-state index >= 15 is 0 Å². The van der Waals surface area contributed by atoms with Crippen LogP contribution in [0.3, 0.4) is 0 Å². The van der Waals surface area contributed by atoms with Crippen molar-refractivity contribution < 1.29 is 14.3 Å². The second-order valence-electron chi connectivity index (χ2n) is 3.34. The van der Waals surface area contributed by atoms with Crippen LogP contribution in [0.15, 0.2) is 18.3 Å². The molecule has 0 spiro atoms. The van der Waals surface area contributed by atoms with Gasteiger partial charge in [-0.05, 0) is 19.1 Å². The first kappa shape index (κ1) is 13.4. The summed E-state index contributed by atoms with van der Waals surface area (Å²) < 4.78 is 4.75. The molecule has 0 radical (unpaired) electrons. The number of likely N-dealkylation sites (N-methyl/N-ethyl adjacent to an activating group) is 1. The Labute approximate surface area is 104 Å². The summed E-state index contributed by atoms with van der Waals surface area (Å²) in [4.78, 5) is 28.1. The summed E-state index contributed by atoms with van der Waals surface area (Å²) in [6.45, 7) is 1.92. The largest absolute Gasteiger partial charge is 0.465 e. The highest BCUT2D eigenvalue weighted by Gasteiger charge is 2.15. The zero-order valence-corrected chi connectivity index (χ0v) is 10.4. The maximum atomic E-state index is 11.8. The van der Waals surface area contributed by atoms with Crippen LogP contribution in [-0.2, 0) is 9.53 Å². The second-order valence-corrected chi connectivity index (χ2v) is 3.72. The number of hydrogen-bond acceptors (Lipinski definition) is 4. The summed E-state index contributed by atoms with van der Waals surface area (Å²) in [5, 5.41) is 0.314. The third kappa shape index (κ3) is 4.03. The van der Waals surface area contributed by atoms with Crippen molar-refractivity contribution in [1.29, 1.82) is 0 Å². The van der Waals surface area contributed by atoms with Crippen LogP contribution in [0.4, 0.5) is 0 Å². The van der Waals surface area contributed by atoms with Gasteiger partial charge in [0.05, 0.1) is 12.2 Å². The summed E-state index contributed by atoms with van der Waals surface area (Å²) >= 11 is 5.61. The highest BCUT2D eigenvalue weighted by molar-refractivity contribution is 6.29. The molecule has 1 heterocycles. The number of rotatable bonds is 4. The number of ether oxygens (including phenoxy) is 1. The van der Waals surface area contributed by atoms with Gasteiger partial charge < -0.3 is 9.64 Å². The van der Waals surface area contributed by atoms with E-state index in [2.05, 4.69) is 4.98 Å². The molecular formula is C11H13ClN2O3. The maximum Gasteiger partial charge on any atom is 0.325 e. The molecule has 1 aromatic heterocycles. The van der Waals surface area contributed by atoms with Crippen molar-refractivity contribution in [2.75, 3.05) is 20.2 Å². The lowest BCUT2D eigenvalue weighted by molar-refractivity contribution is -0.143. The number of carbonyl (C=O) groups excluding carboxylic acids is 2. The average molecular weight is 257 g/mol. The van der Waals surface area contributed by atoms with Gasteiger partial charge in [-0.25, -0.2) is 4.98 Å². The van der Waals surface area contributed by atoms with Gasteiger partial charge in [0.15, 0.2) is 0 Å². The first-order valence-electron chi connectivity index (χ1n) is 5.07. The molecule has 92 valence electrons. The molecule has 0 N–H and O–H groups in total. The summed E-state index contributed by atoms with van der Waals surface area (Å²) in [6.07, 6.45) is 1.37. The van der Waals surface area contributed by atoms with Crippen molar-refractivity contribution >= 4 is 23.5 Å². The standard InChI is InChI=1S/C11H13ClN2O3/c1-3-17-10(15)7-14(2)11(16)8-4-5-9(12)13-6-8/h4-6H,3,7H2,1-2H3. The minimum atomic E-state index is -0.440. The van der Waals surface area contributed by atoms with Gasteiger partial charge >= 0.3 is 5.97 Å². The fraction of sp³-hybridized carbons (Fsp3) is 0.364. The van der Waals surface area contributed by atoms with Gasteiger partial charge in [-0.2, -0.15) is 0 Å². The minimum Gasteiger partial charge on any atom is -0.465 e. The summed E-state index contributed by atoms with van der Waals surface area (Å²) in [7, 11) is 1.52. The number of amides is 1. The molecule has 0 aliphatic heterocycles. The van der Waals surface area contributed by atoms with Crippen LogP contribution in [-0.4, -0.2) is 42.0 Å². The van der Waals surface area contributed by atoms with Gasteiger partial charge in [-0.15, -0.1) is 0 Å². The van der Waals surface area contributed by atoms with E-state index < -0.39 is 5.97 Å². The third-order valence-electron chi connectivity index (χ3n) is 1.99. The van der Waals surface area contributed by atoms with Crippen molar-refractivity contribution in [3.05, 3.63) is 29.0 Å². The molecule has 0 aliphatic rings. The zero-order chi connectivity index (χ0) is 12.8. The Morgan fingerprint density at radius 3 is 2.71 bits per heavy atom. The summed E-state index contributed by atoms with van der Waals surface area (Å²) in [5.74, 6) is -0.743. The van der Waals surface area contributed by atoms with E-state index in [9.17, 15) is 9.59 Å². The topological polar surface area (TPSA) is 59.5 Å². The SMILES string of the molecule is CCOC(=O)CN(C)C(=O)c1ccc(Cl)nc1. The van der Waals surface area contributed by atoms with Gasteiger partial charge in [0.25, 0.3) is 5.91 Å². The number of hydrogen-bond donors (Lipinski definition) is 0. The number of carbonyl (C=O) groups is 2. The monoisotopic (exact) mass is 256 g/mol. The maximum absolute atomic E-state index is 11.8. The molecule has 0 bridgehead atoms. The Kier molecular flexibility index (Phi) is 4.90. The highest BCUT2D eigenvalue weighted by Crippen LogP contribution is 2.07. The first-order valence-corrected chi connectivity index (χ1v) is 5.45. The normalized spacial score (nSPS) is 9.82. The van der Waals surface area contributed by atoms with Crippen LogP contribution in [0.1, 0.15) is 17.3 Å².